The van der Waals surface area contributed by atoms with Crippen LogP contribution >= 0.6 is 0 Å². The molecule has 156 valence electrons. The molecular weight excluding hydrogens is 393 g/mol. The second kappa shape index (κ2) is 9.47. The van der Waals surface area contributed by atoms with Gasteiger partial charge in [0.05, 0.1) is 11.3 Å². The molecule has 6 nitrogen and oxygen atoms in total. The van der Waals surface area contributed by atoms with Crippen molar-refractivity contribution < 1.29 is 17.6 Å². The van der Waals surface area contributed by atoms with Crippen LogP contribution in [0.2, 0.25) is 0 Å². The molecule has 8 heteroatoms. The summed E-state index contributed by atoms with van der Waals surface area (Å²) in [6.45, 7) is 5.12. The molecule has 0 radical (unpaired) electrons. The molecule has 0 spiro atoms. The molecule has 0 aliphatic carbocycles. The normalized spacial score (nSPS) is 15.9. The van der Waals surface area contributed by atoms with Gasteiger partial charge in [0, 0.05) is 39.3 Å². The number of rotatable bonds is 7. The number of aryl methyl sites for hydroxylation is 1. The smallest absolute Gasteiger partial charge is 0.243 e. The third-order valence-corrected chi connectivity index (χ3v) is 6.89. The number of benzene rings is 2. The van der Waals surface area contributed by atoms with E-state index in [1.54, 1.807) is 0 Å². The summed E-state index contributed by atoms with van der Waals surface area (Å²) in [4.78, 5) is 14.3. The molecule has 1 aliphatic heterocycles. The third kappa shape index (κ3) is 5.85. The zero-order chi connectivity index (χ0) is 20.9. The van der Waals surface area contributed by atoms with E-state index in [2.05, 4.69) is 10.2 Å². The van der Waals surface area contributed by atoms with Crippen molar-refractivity contribution in [3.05, 3.63) is 65.5 Å². The lowest BCUT2D eigenvalue weighted by Crippen LogP contribution is -2.50. The van der Waals surface area contributed by atoms with Crippen molar-refractivity contribution >= 4 is 15.9 Å². The second-order valence-electron chi connectivity index (χ2n) is 7.22. The van der Waals surface area contributed by atoms with Gasteiger partial charge in [-0.2, -0.15) is 4.31 Å². The quantitative estimate of drug-likeness (QED) is 0.743. The van der Waals surface area contributed by atoms with Gasteiger partial charge >= 0.3 is 0 Å². The van der Waals surface area contributed by atoms with E-state index in [0.29, 0.717) is 45.7 Å². The molecular formula is C21H26FN3O3S. The number of sulfonamides is 1. The second-order valence-corrected chi connectivity index (χ2v) is 9.15. The fourth-order valence-corrected chi connectivity index (χ4v) is 4.79. The standard InChI is InChI=1S/C21H26FN3O3S/c1-17-3-2-4-18(15-17)16-21(26)23-9-10-24-11-13-25(14-12-24)29(27,28)20-7-5-19(22)6-8-20/h2-8,15H,9-14,16H2,1H3,(H,23,26). The van der Waals surface area contributed by atoms with Crippen LogP contribution in [0.1, 0.15) is 11.1 Å². The fourth-order valence-electron chi connectivity index (χ4n) is 3.37. The molecule has 1 heterocycles. The highest BCUT2D eigenvalue weighted by atomic mass is 32.2. The van der Waals surface area contributed by atoms with Gasteiger partial charge in [-0.25, -0.2) is 12.8 Å². The minimum atomic E-state index is -3.60. The molecule has 0 aromatic heterocycles. The molecule has 0 unspecified atom stereocenters. The molecule has 1 saturated heterocycles. The Bertz CT molecular complexity index is 940. The molecule has 1 fully saturated rings. The lowest BCUT2D eigenvalue weighted by Gasteiger charge is -2.33. The van der Waals surface area contributed by atoms with Crippen LogP contribution in [0.15, 0.2) is 53.4 Å². The van der Waals surface area contributed by atoms with Gasteiger partial charge in [-0.05, 0) is 36.8 Å². The number of nitrogens with zero attached hydrogens (tertiary/aromatic N) is 2. The number of halogens is 1. The molecule has 2 aromatic carbocycles. The van der Waals surface area contributed by atoms with Crippen LogP contribution in [0.5, 0.6) is 0 Å². The Hall–Kier alpha value is -2.29. The van der Waals surface area contributed by atoms with Gasteiger partial charge in [-0.15, -0.1) is 0 Å². The SMILES string of the molecule is Cc1cccc(CC(=O)NCCN2CCN(S(=O)(=O)c3ccc(F)cc3)CC2)c1. The molecule has 0 atom stereocenters. The summed E-state index contributed by atoms with van der Waals surface area (Å²) in [6, 6.07) is 12.8. The highest BCUT2D eigenvalue weighted by Crippen LogP contribution is 2.17. The summed E-state index contributed by atoms with van der Waals surface area (Å²) >= 11 is 0. The number of piperazine rings is 1. The number of amides is 1. The van der Waals surface area contributed by atoms with Gasteiger partial charge in [0.15, 0.2) is 0 Å². The van der Waals surface area contributed by atoms with Crippen molar-refractivity contribution in [2.24, 2.45) is 0 Å². The van der Waals surface area contributed by atoms with E-state index in [4.69, 9.17) is 0 Å². The molecule has 1 amide bonds. The molecule has 3 rings (SSSR count). The van der Waals surface area contributed by atoms with Crippen molar-refractivity contribution in [3.63, 3.8) is 0 Å². The maximum atomic E-state index is 13.0. The monoisotopic (exact) mass is 419 g/mol. The van der Waals surface area contributed by atoms with Gasteiger partial charge in [0.25, 0.3) is 0 Å². The largest absolute Gasteiger partial charge is 0.355 e. The topological polar surface area (TPSA) is 69.7 Å². The summed E-state index contributed by atoms with van der Waals surface area (Å²) in [5, 5.41) is 2.92. The Morgan fingerprint density at radius 2 is 1.76 bits per heavy atom. The molecule has 1 N–H and O–H groups in total. The predicted octanol–water partition coefficient (Wildman–Crippen LogP) is 1.80. The first-order chi connectivity index (χ1) is 13.8. The maximum Gasteiger partial charge on any atom is 0.243 e. The van der Waals surface area contributed by atoms with Gasteiger partial charge < -0.3 is 5.32 Å². The highest BCUT2D eigenvalue weighted by Gasteiger charge is 2.28. The Labute approximate surface area is 171 Å². The van der Waals surface area contributed by atoms with Crippen LogP contribution in [0.4, 0.5) is 4.39 Å². The first-order valence-corrected chi connectivity index (χ1v) is 11.1. The molecule has 29 heavy (non-hydrogen) atoms. The first kappa shape index (κ1) is 21.4. The summed E-state index contributed by atoms with van der Waals surface area (Å²) < 4.78 is 39.7. The molecule has 1 aliphatic rings. The Morgan fingerprint density at radius 3 is 2.41 bits per heavy atom. The van der Waals surface area contributed by atoms with Crippen molar-refractivity contribution in [2.75, 3.05) is 39.3 Å². The Balaban J connectivity index is 1.42. The van der Waals surface area contributed by atoms with E-state index in [-0.39, 0.29) is 10.8 Å². The number of nitrogens with one attached hydrogen (secondary N) is 1. The lowest BCUT2D eigenvalue weighted by molar-refractivity contribution is -0.120. The number of carbonyl (C=O) groups is 1. The van der Waals surface area contributed by atoms with Crippen molar-refractivity contribution in [2.45, 2.75) is 18.2 Å². The van der Waals surface area contributed by atoms with Crippen LogP contribution in [0.3, 0.4) is 0 Å². The zero-order valence-corrected chi connectivity index (χ0v) is 17.3. The van der Waals surface area contributed by atoms with Crippen LogP contribution in [-0.4, -0.2) is 62.8 Å². The van der Waals surface area contributed by atoms with Gasteiger partial charge in [0.1, 0.15) is 5.82 Å². The van der Waals surface area contributed by atoms with E-state index >= 15 is 0 Å². The molecule has 0 saturated carbocycles. The zero-order valence-electron chi connectivity index (χ0n) is 16.5. The van der Waals surface area contributed by atoms with Crippen LogP contribution < -0.4 is 5.32 Å². The van der Waals surface area contributed by atoms with Crippen LogP contribution in [0, 0.1) is 12.7 Å². The van der Waals surface area contributed by atoms with Crippen molar-refractivity contribution in [3.8, 4) is 0 Å². The first-order valence-electron chi connectivity index (χ1n) is 9.65. The molecule has 2 aromatic rings. The molecule has 0 bridgehead atoms. The Morgan fingerprint density at radius 1 is 1.07 bits per heavy atom. The lowest BCUT2D eigenvalue weighted by atomic mass is 10.1. The van der Waals surface area contributed by atoms with E-state index in [0.717, 1.165) is 23.3 Å². The fraction of sp³-hybridized carbons (Fsp3) is 0.381. The van der Waals surface area contributed by atoms with Crippen LogP contribution in [-0.2, 0) is 21.2 Å². The third-order valence-electron chi connectivity index (χ3n) is 4.98. The predicted molar refractivity (Wildman–Crippen MR) is 109 cm³/mol. The van der Waals surface area contributed by atoms with E-state index in [9.17, 15) is 17.6 Å². The average molecular weight is 420 g/mol. The number of hydrogen-bond donors (Lipinski definition) is 1. The maximum absolute atomic E-state index is 13.0. The van der Waals surface area contributed by atoms with Gasteiger partial charge in [-0.3, -0.25) is 9.69 Å². The average Bonchev–Trinajstić information content (AvgIpc) is 2.69. The van der Waals surface area contributed by atoms with Crippen molar-refractivity contribution in [1.29, 1.82) is 0 Å². The summed E-state index contributed by atoms with van der Waals surface area (Å²) in [6.07, 6.45) is 0.353. The summed E-state index contributed by atoms with van der Waals surface area (Å²) in [5.74, 6) is -0.480. The number of carbonyl (C=O) groups excluding carboxylic acids is 1. The Kier molecular flexibility index (Phi) is 7.00. The van der Waals surface area contributed by atoms with Crippen molar-refractivity contribution in [1.82, 2.24) is 14.5 Å². The van der Waals surface area contributed by atoms with Gasteiger partial charge in [0.2, 0.25) is 15.9 Å². The summed E-state index contributed by atoms with van der Waals surface area (Å²) in [7, 11) is -3.60. The van der Waals surface area contributed by atoms with E-state index in [1.165, 1.54) is 16.4 Å². The minimum absolute atomic E-state index is 0.0203. The number of hydrogen-bond acceptors (Lipinski definition) is 4. The van der Waals surface area contributed by atoms with E-state index in [1.807, 2.05) is 31.2 Å². The van der Waals surface area contributed by atoms with Crippen LogP contribution in [0.25, 0.3) is 0 Å². The van der Waals surface area contributed by atoms with E-state index < -0.39 is 15.8 Å². The van der Waals surface area contributed by atoms with Gasteiger partial charge in [-0.1, -0.05) is 29.8 Å². The minimum Gasteiger partial charge on any atom is -0.355 e. The highest BCUT2D eigenvalue weighted by molar-refractivity contribution is 7.89. The summed E-state index contributed by atoms with van der Waals surface area (Å²) in [5.41, 5.74) is 2.12.